The number of benzene rings is 1. The predicted molar refractivity (Wildman–Crippen MR) is 67.1 cm³/mol. The van der Waals surface area contributed by atoms with Crippen LogP contribution in [0.25, 0.3) is 0 Å². The fourth-order valence-corrected chi connectivity index (χ4v) is 2.11. The number of hydrogen-bond acceptors (Lipinski definition) is 3. The molecule has 3 nitrogen and oxygen atoms in total. The second kappa shape index (κ2) is 5.43. The van der Waals surface area contributed by atoms with Crippen molar-refractivity contribution in [2.45, 2.75) is 19.4 Å². The molecule has 1 aromatic rings. The first-order valence-electron chi connectivity index (χ1n) is 6.03. The lowest BCUT2D eigenvalue weighted by molar-refractivity contribution is -0.134. The molecule has 1 unspecified atom stereocenters. The van der Waals surface area contributed by atoms with Gasteiger partial charge in [0.1, 0.15) is 6.10 Å². The van der Waals surface area contributed by atoms with Gasteiger partial charge in [-0.05, 0) is 19.5 Å². The van der Waals surface area contributed by atoms with Crippen LogP contribution in [0.4, 0.5) is 0 Å². The van der Waals surface area contributed by atoms with Gasteiger partial charge in [-0.15, -0.1) is 0 Å². The maximum atomic E-state index is 12.1. The lowest BCUT2D eigenvalue weighted by Gasteiger charge is -2.29. The summed E-state index contributed by atoms with van der Waals surface area (Å²) >= 11 is 0. The topological polar surface area (TPSA) is 29.5 Å². The average Bonchev–Trinajstić information content (AvgIpc) is 2.29. The van der Waals surface area contributed by atoms with Crippen molar-refractivity contribution >= 4 is 5.78 Å². The van der Waals surface area contributed by atoms with Crippen LogP contribution in [0, 0.1) is 6.92 Å². The Kier molecular flexibility index (Phi) is 3.92. The monoisotopic (exact) mass is 233 g/mol. The van der Waals surface area contributed by atoms with E-state index in [2.05, 4.69) is 11.0 Å². The summed E-state index contributed by atoms with van der Waals surface area (Å²) in [4.78, 5) is 14.2. The molecule has 0 radical (unpaired) electrons. The maximum absolute atomic E-state index is 12.1. The van der Waals surface area contributed by atoms with Crippen LogP contribution in [-0.2, 0) is 16.0 Å². The molecule has 1 heterocycles. The Labute approximate surface area is 102 Å². The Morgan fingerprint density at radius 1 is 1.53 bits per heavy atom. The van der Waals surface area contributed by atoms with E-state index in [1.807, 2.05) is 32.2 Å². The van der Waals surface area contributed by atoms with Gasteiger partial charge in [0.2, 0.25) is 0 Å². The van der Waals surface area contributed by atoms with E-state index < -0.39 is 0 Å². The van der Waals surface area contributed by atoms with E-state index in [4.69, 9.17) is 4.74 Å². The van der Waals surface area contributed by atoms with Crippen LogP contribution in [0.2, 0.25) is 0 Å². The predicted octanol–water partition coefficient (Wildman–Crippen LogP) is 1.44. The summed E-state index contributed by atoms with van der Waals surface area (Å²) in [6.45, 7) is 4.32. The zero-order valence-electron chi connectivity index (χ0n) is 10.5. The molecular weight excluding hydrogens is 214 g/mol. The quantitative estimate of drug-likeness (QED) is 0.791. The lowest BCUT2D eigenvalue weighted by atomic mass is 10.0. The number of aryl methyl sites for hydroxylation is 1. The molecule has 1 saturated heterocycles. The van der Waals surface area contributed by atoms with Crippen molar-refractivity contribution in [2.75, 3.05) is 26.7 Å². The summed E-state index contributed by atoms with van der Waals surface area (Å²) < 4.78 is 5.52. The molecule has 1 fully saturated rings. The van der Waals surface area contributed by atoms with Crippen molar-refractivity contribution in [1.82, 2.24) is 4.90 Å². The summed E-state index contributed by atoms with van der Waals surface area (Å²) in [5.74, 6) is 0.183. The highest BCUT2D eigenvalue weighted by atomic mass is 16.5. The molecule has 1 aliphatic rings. The van der Waals surface area contributed by atoms with E-state index >= 15 is 0 Å². The molecule has 0 amide bonds. The third kappa shape index (κ3) is 3.38. The van der Waals surface area contributed by atoms with Crippen LogP contribution in [0.3, 0.4) is 0 Å². The van der Waals surface area contributed by atoms with Crippen LogP contribution >= 0.6 is 0 Å². The summed E-state index contributed by atoms with van der Waals surface area (Å²) in [5.41, 5.74) is 2.27. The molecule has 0 aliphatic carbocycles. The highest BCUT2D eigenvalue weighted by Crippen LogP contribution is 2.10. The van der Waals surface area contributed by atoms with Crippen molar-refractivity contribution in [2.24, 2.45) is 0 Å². The van der Waals surface area contributed by atoms with Crippen LogP contribution in [-0.4, -0.2) is 43.5 Å². The Balaban J connectivity index is 1.96. The second-order valence-electron chi connectivity index (χ2n) is 4.75. The number of Topliss-reactive ketones (excluding diaryl/α,β-unsaturated/α-hetero) is 1. The Bertz CT molecular complexity index is 403. The van der Waals surface area contributed by atoms with E-state index in [0.29, 0.717) is 19.6 Å². The standard InChI is InChI=1S/C14H19NO2/c1-11-4-3-5-12(8-11)9-13(16)14-10-15(2)6-7-17-14/h3-5,8,14H,6-7,9-10H2,1-2H3. The van der Waals surface area contributed by atoms with E-state index in [9.17, 15) is 4.79 Å². The third-order valence-electron chi connectivity index (χ3n) is 3.09. The molecular formula is C14H19NO2. The minimum absolute atomic E-state index is 0.183. The van der Waals surface area contributed by atoms with E-state index in [-0.39, 0.29) is 11.9 Å². The van der Waals surface area contributed by atoms with Gasteiger partial charge in [0.25, 0.3) is 0 Å². The van der Waals surface area contributed by atoms with Gasteiger partial charge in [-0.25, -0.2) is 0 Å². The van der Waals surface area contributed by atoms with Gasteiger partial charge in [0.05, 0.1) is 6.61 Å². The normalized spacial score (nSPS) is 21.4. The number of morpholine rings is 1. The summed E-state index contributed by atoms with van der Waals surface area (Å²) in [5, 5.41) is 0. The van der Waals surface area contributed by atoms with Gasteiger partial charge in [-0.3, -0.25) is 4.79 Å². The fraction of sp³-hybridized carbons (Fsp3) is 0.500. The molecule has 2 rings (SSSR count). The average molecular weight is 233 g/mol. The van der Waals surface area contributed by atoms with Gasteiger partial charge >= 0.3 is 0 Å². The molecule has 0 spiro atoms. The summed E-state index contributed by atoms with van der Waals surface area (Å²) in [7, 11) is 2.02. The van der Waals surface area contributed by atoms with Crippen molar-refractivity contribution in [3.63, 3.8) is 0 Å². The minimum Gasteiger partial charge on any atom is -0.368 e. The number of carbonyl (C=O) groups excluding carboxylic acids is 1. The number of nitrogens with zero attached hydrogens (tertiary/aromatic N) is 1. The minimum atomic E-state index is -0.255. The van der Waals surface area contributed by atoms with Crippen LogP contribution < -0.4 is 0 Å². The third-order valence-corrected chi connectivity index (χ3v) is 3.09. The van der Waals surface area contributed by atoms with Gasteiger partial charge < -0.3 is 9.64 Å². The fourth-order valence-electron chi connectivity index (χ4n) is 2.11. The highest BCUT2D eigenvalue weighted by Gasteiger charge is 2.24. The zero-order chi connectivity index (χ0) is 12.3. The molecule has 0 bridgehead atoms. The molecule has 17 heavy (non-hydrogen) atoms. The summed E-state index contributed by atoms with van der Waals surface area (Å²) in [6.07, 6.45) is 0.217. The molecule has 0 N–H and O–H groups in total. The summed E-state index contributed by atoms with van der Waals surface area (Å²) in [6, 6.07) is 8.09. The Hall–Kier alpha value is -1.19. The molecule has 92 valence electrons. The number of ketones is 1. The SMILES string of the molecule is Cc1cccc(CC(=O)C2CN(C)CCO2)c1. The number of likely N-dealkylation sites (N-methyl/N-ethyl adjacent to an activating group) is 1. The van der Waals surface area contributed by atoms with Crippen LogP contribution in [0.5, 0.6) is 0 Å². The molecule has 0 aromatic heterocycles. The second-order valence-corrected chi connectivity index (χ2v) is 4.75. The van der Waals surface area contributed by atoms with Crippen molar-refractivity contribution < 1.29 is 9.53 Å². The first-order valence-corrected chi connectivity index (χ1v) is 6.03. The zero-order valence-corrected chi connectivity index (χ0v) is 10.5. The molecule has 3 heteroatoms. The van der Waals surface area contributed by atoms with E-state index in [0.717, 1.165) is 12.1 Å². The van der Waals surface area contributed by atoms with Gasteiger partial charge in [0.15, 0.2) is 5.78 Å². The first-order chi connectivity index (χ1) is 8.15. The van der Waals surface area contributed by atoms with Crippen molar-refractivity contribution in [1.29, 1.82) is 0 Å². The lowest BCUT2D eigenvalue weighted by Crippen LogP contribution is -2.44. The number of rotatable bonds is 3. The maximum Gasteiger partial charge on any atom is 0.167 e. The van der Waals surface area contributed by atoms with Gasteiger partial charge in [-0.2, -0.15) is 0 Å². The van der Waals surface area contributed by atoms with Crippen LogP contribution in [0.15, 0.2) is 24.3 Å². The van der Waals surface area contributed by atoms with Crippen molar-refractivity contribution in [3.05, 3.63) is 35.4 Å². The van der Waals surface area contributed by atoms with Crippen molar-refractivity contribution in [3.8, 4) is 0 Å². The highest BCUT2D eigenvalue weighted by molar-refractivity contribution is 5.85. The first kappa shape index (κ1) is 12.3. The Morgan fingerprint density at radius 3 is 3.06 bits per heavy atom. The number of carbonyl (C=O) groups is 1. The van der Waals surface area contributed by atoms with Crippen LogP contribution in [0.1, 0.15) is 11.1 Å². The molecule has 1 aromatic carbocycles. The van der Waals surface area contributed by atoms with Gasteiger partial charge in [-0.1, -0.05) is 29.8 Å². The smallest absolute Gasteiger partial charge is 0.167 e. The van der Waals surface area contributed by atoms with Gasteiger partial charge in [0, 0.05) is 19.5 Å². The number of hydrogen-bond donors (Lipinski definition) is 0. The number of ether oxygens (including phenoxy) is 1. The molecule has 0 saturated carbocycles. The largest absolute Gasteiger partial charge is 0.368 e. The van der Waals surface area contributed by atoms with E-state index in [1.54, 1.807) is 0 Å². The Morgan fingerprint density at radius 2 is 2.35 bits per heavy atom. The molecule has 1 aliphatic heterocycles. The molecule has 1 atom stereocenters. The van der Waals surface area contributed by atoms with E-state index in [1.165, 1.54) is 5.56 Å².